The molecule has 0 radical (unpaired) electrons. The summed E-state index contributed by atoms with van der Waals surface area (Å²) < 4.78 is 5.77. The Bertz CT molecular complexity index is 697. The van der Waals surface area contributed by atoms with Gasteiger partial charge in [-0.2, -0.15) is 0 Å². The molecule has 2 heterocycles. The van der Waals surface area contributed by atoms with Crippen molar-refractivity contribution in [1.29, 1.82) is 0 Å². The van der Waals surface area contributed by atoms with Crippen LogP contribution in [0.4, 0.5) is 0 Å². The lowest BCUT2D eigenvalue weighted by Crippen LogP contribution is -2.39. The number of aromatic nitrogens is 2. The summed E-state index contributed by atoms with van der Waals surface area (Å²) in [6.45, 7) is 6.37. The monoisotopic (exact) mass is 341 g/mol. The third kappa shape index (κ3) is 4.62. The highest BCUT2D eigenvalue weighted by Gasteiger charge is 2.25. The van der Waals surface area contributed by atoms with Crippen LogP contribution >= 0.6 is 0 Å². The number of rotatable bonds is 6. The van der Waals surface area contributed by atoms with Gasteiger partial charge in [0, 0.05) is 37.8 Å². The standard InChI is InChI=1S/C20H27N3O2/c1-15-7-8-18(13-16(15)2)25-12-4-6-19(24)23-11-3-5-17(14-23)20-21-9-10-22-20/h7-10,13,17H,3-6,11-12,14H2,1-2H3,(H,21,22)/t17-/m0/s1. The molecule has 1 atom stereocenters. The van der Waals surface area contributed by atoms with E-state index in [0.717, 1.165) is 43.9 Å². The van der Waals surface area contributed by atoms with Crippen LogP contribution in [0.1, 0.15) is 48.6 Å². The van der Waals surface area contributed by atoms with Crippen molar-refractivity contribution in [2.24, 2.45) is 0 Å². The smallest absolute Gasteiger partial charge is 0.222 e. The van der Waals surface area contributed by atoms with Gasteiger partial charge < -0.3 is 14.6 Å². The number of hydrogen-bond acceptors (Lipinski definition) is 3. The molecular formula is C20H27N3O2. The van der Waals surface area contributed by atoms with Crippen LogP contribution in [0.3, 0.4) is 0 Å². The predicted molar refractivity (Wildman–Crippen MR) is 97.8 cm³/mol. The maximum Gasteiger partial charge on any atom is 0.222 e. The molecule has 134 valence electrons. The summed E-state index contributed by atoms with van der Waals surface area (Å²) in [6, 6.07) is 6.11. The van der Waals surface area contributed by atoms with E-state index < -0.39 is 0 Å². The Labute approximate surface area is 149 Å². The normalized spacial score (nSPS) is 17.5. The number of piperidine rings is 1. The number of carbonyl (C=O) groups is 1. The fourth-order valence-electron chi connectivity index (χ4n) is 3.30. The molecule has 1 aromatic heterocycles. The summed E-state index contributed by atoms with van der Waals surface area (Å²) in [4.78, 5) is 22.0. The quantitative estimate of drug-likeness (QED) is 0.817. The number of imidazole rings is 1. The van der Waals surface area contributed by atoms with Crippen LogP contribution in [0.25, 0.3) is 0 Å². The number of nitrogens with one attached hydrogen (secondary N) is 1. The third-order valence-electron chi connectivity index (χ3n) is 4.96. The van der Waals surface area contributed by atoms with E-state index in [1.807, 2.05) is 17.2 Å². The number of aromatic amines is 1. The molecule has 2 aromatic rings. The summed E-state index contributed by atoms with van der Waals surface area (Å²) in [5, 5.41) is 0. The Morgan fingerprint density at radius 2 is 2.24 bits per heavy atom. The van der Waals surface area contributed by atoms with E-state index in [4.69, 9.17) is 4.74 Å². The highest BCUT2D eigenvalue weighted by atomic mass is 16.5. The molecule has 25 heavy (non-hydrogen) atoms. The van der Waals surface area contributed by atoms with Gasteiger partial charge in [0.25, 0.3) is 0 Å². The number of likely N-dealkylation sites (tertiary alicyclic amines) is 1. The Balaban J connectivity index is 1.42. The van der Waals surface area contributed by atoms with E-state index in [1.165, 1.54) is 11.1 Å². The lowest BCUT2D eigenvalue weighted by atomic mass is 9.97. The number of amides is 1. The zero-order chi connectivity index (χ0) is 17.6. The van der Waals surface area contributed by atoms with Crippen LogP contribution in [0.2, 0.25) is 0 Å². The van der Waals surface area contributed by atoms with Crippen LogP contribution in [0, 0.1) is 13.8 Å². The largest absolute Gasteiger partial charge is 0.494 e. The van der Waals surface area contributed by atoms with Gasteiger partial charge in [0.15, 0.2) is 0 Å². The van der Waals surface area contributed by atoms with Crippen LogP contribution in [-0.2, 0) is 4.79 Å². The SMILES string of the molecule is Cc1ccc(OCCCC(=O)N2CCC[C@H](c3ncc[nH]3)C2)cc1C. The van der Waals surface area contributed by atoms with Gasteiger partial charge in [0.05, 0.1) is 6.61 Å². The van der Waals surface area contributed by atoms with E-state index in [0.29, 0.717) is 18.9 Å². The number of carbonyl (C=O) groups excluding carboxylic acids is 1. The maximum atomic E-state index is 12.5. The number of benzene rings is 1. The molecule has 1 aliphatic rings. The van der Waals surface area contributed by atoms with Crippen molar-refractivity contribution in [2.45, 2.75) is 45.4 Å². The molecule has 0 bridgehead atoms. The number of ether oxygens (including phenoxy) is 1. The van der Waals surface area contributed by atoms with Gasteiger partial charge in [-0.1, -0.05) is 6.07 Å². The van der Waals surface area contributed by atoms with Crippen molar-refractivity contribution in [3.8, 4) is 5.75 Å². The van der Waals surface area contributed by atoms with Gasteiger partial charge in [0.1, 0.15) is 11.6 Å². The van der Waals surface area contributed by atoms with Gasteiger partial charge in [-0.15, -0.1) is 0 Å². The van der Waals surface area contributed by atoms with Crippen molar-refractivity contribution in [3.63, 3.8) is 0 Å². The first kappa shape index (κ1) is 17.5. The lowest BCUT2D eigenvalue weighted by Gasteiger charge is -2.32. The Morgan fingerprint density at radius 1 is 1.36 bits per heavy atom. The Kier molecular flexibility index (Phi) is 5.74. The van der Waals surface area contributed by atoms with E-state index in [2.05, 4.69) is 35.9 Å². The summed E-state index contributed by atoms with van der Waals surface area (Å²) in [6.07, 6.45) is 7.04. The van der Waals surface area contributed by atoms with Crippen molar-refractivity contribution in [1.82, 2.24) is 14.9 Å². The molecule has 5 nitrogen and oxygen atoms in total. The van der Waals surface area contributed by atoms with Gasteiger partial charge in [0.2, 0.25) is 5.91 Å². The fourth-order valence-corrected chi connectivity index (χ4v) is 3.30. The summed E-state index contributed by atoms with van der Waals surface area (Å²) in [5.41, 5.74) is 2.49. The third-order valence-corrected chi connectivity index (χ3v) is 4.96. The van der Waals surface area contributed by atoms with Crippen molar-refractivity contribution in [2.75, 3.05) is 19.7 Å². The van der Waals surface area contributed by atoms with E-state index in [1.54, 1.807) is 6.20 Å². The second-order valence-electron chi connectivity index (χ2n) is 6.85. The molecule has 0 saturated carbocycles. The molecule has 1 fully saturated rings. The fraction of sp³-hybridized carbons (Fsp3) is 0.500. The number of nitrogens with zero attached hydrogens (tertiary/aromatic N) is 2. The minimum Gasteiger partial charge on any atom is -0.494 e. The first-order chi connectivity index (χ1) is 12.1. The maximum absolute atomic E-state index is 12.5. The number of aryl methyl sites for hydroxylation is 2. The average Bonchev–Trinajstić information content (AvgIpc) is 3.16. The zero-order valence-corrected chi connectivity index (χ0v) is 15.1. The molecule has 1 saturated heterocycles. The topological polar surface area (TPSA) is 58.2 Å². The average molecular weight is 341 g/mol. The predicted octanol–water partition coefficient (Wildman–Crippen LogP) is 3.59. The van der Waals surface area contributed by atoms with Crippen molar-refractivity contribution < 1.29 is 9.53 Å². The second kappa shape index (κ2) is 8.19. The van der Waals surface area contributed by atoms with E-state index >= 15 is 0 Å². The molecule has 5 heteroatoms. The zero-order valence-electron chi connectivity index (χ0n) is 15.1. The first-order valence-corrected chi connectivity index (χ1v) is 9.10. The molecule has 0 spiro atoms. The molecule has 1 amide bonds. The molecule has 1 aliphatic heterocycles. The minimum absolute atomic E-state index is 0.222. The van der Waals surface area contributed by atoms with Crippen LogP contribution < -0.4 is 4.74 Å². The van der Waals surface area contributed by atoms with Crippen LogP contribution in [-0.4, -0.2) is 40.5 Å². The number of hydrogen-bond donors (Lipinski definition) is 1. The molecule has 0 aliphatic carbocycles. The molecular weight excluding hydrogens is 314 g/mol. The van der Waals surface area contributed by atoms with Crippen molar-refractivity contribution in [3.05, 3.63) is 47.5 Å². The summed E-state index contributed by atoms with van der Waals surface area (Å²) in [7, 11) is 0. The van der Waals surface area contributed by atoms with Crippen molar-refractivity contribution >= 4 is 5.91 Å². The molecule has 0 unspecified atom stereocenters. The summed E-state index contributed by atoms with van der Waals surface area (Å²) >= 11 is 0. The Hall–Kier alpha value is -2.30. The van der Waals surface area contributed by atoms with Gasteiger partial charge in [-0.25, -0.2) is 4.98 Å². The van der Waals surface area contributed by atoms with Gasteiger partial charge in [-0.05, 0) is 56.4 Å². The highest BCUT2D eigenvalue weighted by Crippen LogP contribution is 2.24. The van der Waals surface area contributed by atoms with Gasteiger partial charge >= 0.3 is 0 Å². The van der Waals surface area contributed by atoms with E-state index in [-0.39, 0.29) is 5.91 Å². The number of H-pyrrole nitrogens is 1. The molecule has 3 rings (SSSR count). The Morgan fingerprint density at radius 3 is 3.00 bits per heavy atom. The van der Waals surface area contributed by atoms with Gasteiger partial charge in [-0.3, -0.25) is 4.79 Å². The van der Waals surface area contributed by atoms with E-state index in [9.17, 15) is 4.79 Å². The molecule has 1 N–H and O–H groups in total. The minimum atomic E-state index is 0.222. The lowest BCUT2D eigenvalue weighted by molar-refractivity contribution is -0.132. The summed E-state index contributed by atoms with van der Waals surface area (Å²) in [5.74, 6) is 2.43. The second-order valence-corrected chi connectivity index (χ2v) is 6.85. The van der Waals surface area contributed by atoms with Crippen LogP contribution in [0.15, 0.2) is 30.6 Å². The van der Waals surface area contributed by atoms with Crippen LogP contribution in [0.5, 0.6) is 5.75 Å². The highest BCUT2D eigenvalue weighted by molar-refractivity contribution is 5.76. The first-order valence-electron chi connectivity index (χ1n) is 9.10. The molecule has 1 aromatic carbocycles.